The van der Waals surface area contributed by atoms with Crippen LogP contribution < -0.4 is 9.62 Å². The molecule has 0 saturated heterocycles. The Bertz CT molecular complexity index is 1440. The van der Waals surface area contributed by atoms with E-state index in [2.05, 4.69) is 5.32 Å². The molecule has 12 heteroatoms. The summed E-state index contributed by atoms with van der Waals surface area (Å²) in [6.45, 7) is 3.16. The topological polar surface area (TPSA) is 86.8 Å². The average Bonchev–Trinajstić information content (AvgIpc) is 2.91. The van der Waals surface area contributed by atoms with Crippen molar-refractivity contribution in [1.82, 2.24) is 10.2 Å². The number of carbonyl (C=O) groups is 2. The van der Waals surface area contributed by atoms with Crippen LogP contribution in [0.2, 0.25) is 20.1 Å². The summed E-state index contributed by atoms with van der Waals surface area (Å²) < 4.78 is 28.5. The summed E-state index contributed by atoms with van der Waals surface area (Å²) in [7, 11) is -4.27. The lowest BCUT2D eigenvalue weighted by Crippen LogP contribution is -2.51. The molecule has 0 saturated carbocycles. The van der Waals surface area contributed by atoms with Crippen molar-refractivity contribution in [2.45, 2.75) is 37.8 Å². The molecule has 3 aromatic carbocycles. The number of hydrogen-bond acceptors (Lipinski definition) is 4. The van der Waals surface area contributed by atoms with Gasteiger partial charge < -0.3 is 10.2 Å². The third-order valence-electron chi connectivity index (χ3n) is 5.88. The second kappa shape index (κ2) is 13.7. The lowest BCUT2D eigenvalue weighted by Gasteiger charge is -2.32. The molecule has 0 radical (unpaired) electrons. The number of anilines is 1. The van der Waals surface area contributed by atoms with Crippen LogP contribution in [-0.4, -0.2) is 44.3 Å². The van der Waals surface area contributed by atoms with E-state index in [1.54, 1.807) is 37.3 Å². The average molecular weight is 631 g/mol. The van der Waals surface area contributed by atoms with Gasteiger partial charge in [0.15, 0.2) is 0 Å². The van der Waals surface area contributed by atoms with Crippen LogP contribution in [0.5, 0.6) is 0 Å². The molecule has 0 aromatic heterocycles. The molecule has 3 rings (SSSR count). The minimum Gasteiger partial charge on any atom is -0.354 e. The number of hydrogen-bond donors (Lipinski definition) is 1. The smallest absolute Gasteiger partial charge is 0.264 e. The monoisotopic (exact) mass is 629 g/mol. The summed E-state index contributed by atoms with van der Waals surface area (Å²) in [6.07, 6.45) is 0.700. The van der Waals surface area contributed by atoms with Gasteiger partial charge in [-0.3, -0.25) is 13.9 Å². The zero-order valence-corrected chi connectivity index (χ0v) is 25.0. The van der Waals surface area contributed by atoms with Crippen molar-refractivity contribution >= 4 is 73.9 Å². The van der Waals surface area contributed by atoms with Crippen LogP contribution >= 0.6 is 46.4 Å². The molecule has 0 heterocycles. The number of nitrogens with one attached hydrogen (secondary N) is 1. The first-order valence-corrected chi connectivity index (χ1v) is 15.0. The fourth-order valence-electron chi connectivity index (χ4n) is 3.73. The normalized spacial score (nSPS) is 12.1. The summed E-state index contributed by atoms with van der Waals surface area (Å²) >= 11 is 25.0. The molecule has 3 aromatic rings. The second-order valence-electron chi connectivity index (χ2n) is 8.62. The lowest BCUT2D eigenvalue weighted by molar-refractivity contribution is -0.139. The highest BCUT2D eigenvalue weighted by molar-refractivity contribution is 7.92. The number of halogens is 4. The Labute approximate surface area is 248 Å². The fourth-order valence-corrected chi connectivity index (χ4v) is 6.09. The van der Waals surface area contributed by atoms with Gasteiger partial charge in [0.1, 0.15) is 12.6 Å². The molecule has 0 aliphatic heterocycles. The molecular weight excluding hydrogens is 604 g/mol. The van der Waals surface area contributed by atoms with Crippen LogP contribution in [0.15, 0.2) is 71.6 Å². The lowest BCUT2D eigenvalue weighted by atomic mass is 10.1. The summed E-state index contributed by atoms with van der Waals surface area (Å²) in [5.74, 6) is -1.05. The Kier molecular flexibility index (Phi) is 10.9. The van der Waals surface area contributed by atoms with Crippen molar-refractivity contribution in [3.05, 3.63) is 92.4 Å². The predicted octanol–water partition coefficient (Wildman–Crippen LogP) is 6.44. The molecule has 0 fully saturated rings. The highest BCUT2D eigenvalue weighted by atomic mass is 35.5. The van der Waals surface area contributed by atoms with Crippen molar-refractivity contribution < 1.29 is 18.0 Å². The van der Waals surface area contributed by atoms with Gasteiger partial charge in [0, 0.05) is 23.1 Å². The van der Waals surface area contributed by atoms with Gasteiger partial charge in [-0.05, 0) is 55.3 Å². The molecular formula is C27H27Cl4N3O4S. The molecule has 39 heavy (non-hydrogen) atoms. The van der Waals surface area contributed by atoms with Gasteiger partial charge in [0.2, 0.25) is 11.8 Å². The van der Waals surface area contributed by atoms with Crippen molar-refractivity contribution in [1.29, 1.82) is 0 Å². The number of rotatable bonds is 11. The van der Waals surface area contributed by atoms with Gasteiger partial charge in [0.05, 0.1) is 20.6 Å². The van der Waals surface area contributed by atoms with Gasteiger partial charge in [-0.2, -0.15) is 0 Å². The summed E-state index contributed by atoms with van der Waals surface area (Å²) in [6, 6.07) is 16.0. The molecule has 208 valence electrons. The fraction of sp³-hybridized carbons (Fsp3) is 0.259. The highest BCUT2D eigenvalue weighted by Crippen LogP contribution is 2.35. The van der Waals surface area contributed by atoms with Crippen molar-refractivity contribution in [2.24, 2.45) is 0 Å². The molecule has 1 unspecified atom stereocenters. The number of carbonyl (C=O) groups excluding carboxylic acids is 2. The Morgan fingerprint density at radius 3 is 2.26 bits per heavy atom. The Morgan fingerprint density at radius 2 is 1.62 bits per heavy atom. The van der Waals surface area contributed by atoms with E-state index < -0.39 is 34.4 Å². The van der Waals surface area contributed by atoms with Gasteiger partial charge in [0.25, 0.3) is 10.0 Å². The van der Waals surface area contributed by atoms with Crippen LogP contribution in [0.3, 0.4) is 0 Å². The number of benzene rings is 3. The standard InChI is InChI=1S/C27H27Cl4N3O4S/c1-3-14-32-27(36)18(2)33(16-19-12-13-20(28)15-23(19)30)25(35)17-34(24-11-7-10-22(29)26(24)31)39(37,38)21-8-5-4-6-9-21/h4-13,15,18H,3,14,16-17H2,1-2H3,(H,32,36). The van der Waals surface area contributed by atoms with E-state index >= 15 is 0 Å². The first-order chi connectivity index (χ1) is 18.5. The van der Waals surface area contributed by atoms with Crippen LogP contribution in [-0.2, 0) is 26.2 Å². The zero-order chi connectivity index (χ0) is 28.7. The van der Waals surface area contributed by atoms with Crippen molar-refractivity contribution in [3.63, 3.8) is 0 Å². The molecule has 0 aliphatic rings. The van der Waals surface area contributed by atoms with Gasteiger partial charge >= 0.3 is 0 Å². The van der Waals surface area contributed by atoms with E-state index in [-0.39, 0.29) is 27.2 Å². The highest BCUT2D eigenvalue weighted by Gasteiger charge is 2.33. The zero-order valence-electron chi connectivity index (χ0n) is 21.2. The molecule has 2 amide bonds. The van der Waals surface area contributed by atoms with Crippen LogP contribution in [0.4, 0.5) is 5.69 Å². The van der Waals surface area contributed by atoms with Gasteiger partial charge in [-0.25, -0.2) is 8.42 Å². The maximum absolute atomic E-state index is 13.9. The molecule has 0 aliphatic carbocycles. The predicted molar refractivity (Wildman–Crippen MR) is 157 cm³/mol. The van der Waals surface area contributed by atoms with E-state index in [1.165, 1.54) is 41.3 Å². The summed E-state index contributed by atoms with van der Waals surface area (Å²) in [5, 5.41) is 3.57. The van der Waals surface area contributed by atoms with Crippen molar-refractivity contribution in [3.8, 4) is 0 Å². The minimum atomic E-state index is -4.27. The van der Waals surface area contributed by atoms with Crippen molar-refractivity contribution in [2.75, 3.05) is 17.4 Å². The van der Waals surface area contributed by atoms with Gasteiger partial charge in [-0.1, -0.05) is 83.7 Å². The third kappa shape index (κ3) is 7.58. The Morgan fingerprint density at radius 1 is 0.923 bits per heavy atom. The molecule has 0 bridgehead atoms. The number of nitrogens with zero attached hydrogens (tertiary/aromatic N) is 2. The first-order valence-electron chi connectivity index (χ1n) is 12.0. The molecule has 0 spiro atoms. The van der Waals surface area contributed by atoms with E-state index in [0.717, 1.165) is 4.31 Å². The molecule has 1 atom stereocenters. The Hall–Kier alpha value is -2.49. The van der Waals surface area contributed by atoms with Crippen LogP contribution in [0.25, 0.3) is 0 Å². The van der Waals surface area contributed by atoms with E-state index in [0.29, 0.717) is 28.6 Å². The minimum absolute atomic E-state index is 0.0222. The third-order valence-corrected chi connectivity index (χ3v) is 9.05. The maximum atomic E-state index is 13.9. The van der Waals surface area contributed by atoms with E-state index in [9.17, 15) is 18.0 Å². The first kappa shape index (κ1) is 31.0. The van der Waals surface area contributed by atoms with Gasteiger partial charge in [-0.15, -0.1) is 0 Å². The number of sulfonamides is 1. The quantitative estimate of drug-likeness (QED) is 0.264. The van der Waals surface area contributed by atoms with E-state index in [1.807, 2.05) is 6.92 Å². The second-order valence-corrected chi connectivity index (χ2v) is 12.1. The SMILES string of the molecule is CCCNC(=O)C(C)N(Cc1ccc(Cl)cc1Cl)C(=O)CN(c1cccc(Cl)c1Cl)S(=O)(=O)c1ccccc1. The largest absolute Gasteiger partial charge is 0.354 e. The summed E-state index contributed by atoms with van der Waals surface area (Å²) in [5.41, 5.74) is 0.553. The molecule has 7 nitrogen and oxygen atoms in total. The number of amides is 2. The molecule has 1 N–H and O–H groups in total. The summed E-state index contributed by atoms with van der Waals surface area (Å²) in [4.78, 5) is 28.0. The van der Waals surface area contributed by atoms with Crippen LogP contribution in [0, 0.1) is 0 Å². The maximum Gasteiger partial charge on any atom is 0.264 e. The van der Waals surface area contributed by atoms with Crippen LogP contribution in [0.1, 0.15) is 25.8 Å². The van der Waals surface area contributed by atoms with E-state index in [4.69, 9.17) is 46.4 Å². The Balaban J connectivity index is 2.07.